The highest BCUT2D eigenvalue weighted by Crippen LogP contribution is 2.64. The van der Waals surface area contributed by atoms with E-state index in [4.69, 9.17) is 0 Å². The van der Waals surface area contributed by atoms with Gasteiger partial charge in [0.05, 0.1) is 0 Å². The fraction of sp³-hybridized carbons (Fsp3) is 0.867. The predicted octanol–water partition coefficient (Wildman–Crippen LogP) is 3.63. The van der Waals surface area contributed by atoms with Crippen molar-refractivity contribution in [3.05, 3.63) is 11.6 Å². The van der Waals surface area contributed by atoms with E-state index in [0.29, 0.717) is 12.5 Å². The normalized spacial score (nSPS) is 46.4. The highest BCUT2D eigenvalue weighted by Gasteiger charge is 2.56. The van der Waals surface area contributed by atoms with E-state index >= 15 is 0 Å². The van der Waals surface area contributed by atoms with Gasteiger partial charge in [-0.05, 0) is 35.5 Å². The number of aliphatic hydroxyl groups is 1. The van der Waals surface area contributed by atoms with E-state index in [-0.39, 0.29) is 10.8 Å². The highest BCUT2D eigenvalue weighted by molar-refractivity contribution is 5.31. The molecule has 0 aromatic rings. The Labute approximate surface area is 99.9 Å². The van der Waals surface area contributed by atoms with E-state index in [9.17, 15) is 5.11 Å². The second-order valence-electron chi connectivity index (χ2n) is 6.71. The summed E-state index contributed by atoms with van der Waals surface area (Å²) in [5.74, 6) is 1.87. The van der Waals surface area contributed by atoms with Gasteiger partial charge in [0.1, 0.15) is 0 Å². The van der Waals surface area contributed by atoms with Crippen molar-refractivity contribution in [1.29, 1.82) is 0 Å². The first-order valence-electron chi connectivity index (χ1n) is 6.67. The van der Waals surface area contributed by atoms with Gasteiger partial charge in [0.15, 0.2) is 0 Å². The number of hydrogen-bond acceptors (Lipinski definition) is 1. The average molecular weight is 222 g/mol. The molecule has 0 spiro atoms. The Bertz CT molecular complexity index is 315. The Balaban J connectivity index is 2.44. The molecule has 2 rings (SSSR count). The smallest absolute Gasteiger partial charge is 0.0499 e. The average Bonchev–Trinajstić information content (AvgIpc) is 2.43. The standard InChI is InChI=1S/C15H26O/c1-10-6-7-12-8-13(9-16)14(3,4)15(12,5)11(10)2/h8,10-11,13,16H,6-7,9H2,1-5H3/t10-,11-,13-,15+/m1/s1. The number of hydrogen-bond donors (Lipinski definition) is 1. The number of allylic oxidation sites excluding steroid dienone is 1. The second kappa shape index (κ2) is 3.60. The molecule has 0 aliphatic heterocycles. The van der Waals surface area contributed by atoms with Crippen LogP contribution < -0.4 is 0 Å². The van der Waals surface area contributed by atoms with Crippen molar-refractivity contribution < 1.29 is 5.11 Å². The van der Waals surface area contributed by atoms with Crippen LogP contribution in [0.1, 0.15) is 47.5 Å². The van der Waals surface area contributed by atoms with Crippen molar-refractivity contribution in [2.24, 2.45) is 28.6 Å². The van der Waals surface area contributed by atoms with Crippen LogP contribution in [0.3, 0.4) is 0 Å². The first-order chi connectivity index (χ1) is 7.35. The minimum atomic E-state index is 0.200. The lowest BCUT2D eigenvalue weighted by atomic mass is 9.52. The lowest BCUT2D eigenvalue weighted by molar-refractivity contribution is -0.00746. The zero-order chi connectivity index (χ0) is 12.1. The minimum absolute atomic E-state index is 0.200. The van der Waals surface area contributed by atoms with Gasteiger partial charge in [-0.1, -0.05) is 46.3 Å². The van der Waals surface area contributed by atoms with Gasteiger partial charge in [-0.3, -0.25) is 0 Å². The molecule has 16 heavy (non-hydrogen) atoms. The maximum atomic E-state index is 9.57. The van der Waals surface area contributed by atoms with Gasteiger partial charge in [-0.25, -0.2) is 0 Å². The number of rotatable bonds is 1. The van der Waals surface area contributed by atoms with Crippen LogP contribution in [-0.4, -0.2) is 11.7 Å². The Morgan fingerprint density at radius 3 is 2.50 bits per heavy atom. The van der Waals surface area contributed by atoms with E-state index in [0.717, 1.165) is 11.8 Å². The molecule has 0 heterocycles. The van der Waals surface area contributed by atoms with Gasteiger partial charge < -0.3 is 5.11 Å². The summed E-state index contributed by atoms with van der Waals surface area (Å²) in [6, 6.07) is 0. The summed E-state index contributed by atoms with van der Waals surface area (Å²) in [5, 5.41) is 9.57. The second-order valence-corrected chi connectivity index (χ2v) is 6.71. The van der Waals surface area contributed by atoms with E-state index < -0.39 is 0 Å². The summed E-state index contributed by atoms with van der Waals surface area (Å²) in [4.78, 5) is 0. The van der Waals surface area contributed by atoms with Gasteiger partial charge in [0, 0.05) is 12.5 Å². The maximum Gasteiger partial charge on any atom is 0.0499 e. The molecule has 0 saturated heterocycles. The molecular weight excluding hydrogens is 196 g/mol. The van der Waals surface area contributed by atoms with Crippen LogP contribution in [0.5, 0.6) is 0 Å². The van der Waals surface area contributed by atoms with E-state index in [2.05, 4.69) is 40.7 Å². The zero-order valence-electron chi connectivity index (χ0n) is 11.4. The van der Waals surface area contributed by atoms with Crippen LogP contribution >= 0.6 is 0 Å². The van der Waals surface area contributed by atoms with Crippen molar-refractivity contribution in [2.75, 3.05) is 6.61 Å². The van der Waals surface area contributed by atoms with Gasteiger partial charge in [0.25, 0.3) is 0 Å². The third-order valence-electron chi connectivity index (χ3n) is 6.16. The molecule has 0 amide bonds. The Hall–Kier alpha value is -0.300. The Kier molecular flexibility index (Phi) is 2.73. The maximum absolute atomic E-state index is 9.57. The molecule has 1 heteroatoms. The molecule has 0 radical (unpaired) electrons. The molecule has 0 aromatic carbocycles. The molecule has 4 atom stereocenters. The summed E-state index contributed by atoms with van der Waals surface area (Å²) in [6.07, 6.45) is 4.93. The zero-order valence-corrected chi connectivity index (χ0v) is 11.4. The molecule has 0 aromatic heterocycles. The van der Waals surface area contributed by atoms with E-state index in [1.807, 2.05) is 0 Å². The third-order valence-corrected chi connectivity index (χ3v) is 6.16. The molecule has 1 fully saturated rings. The van der Waals surface area contributed by atoms with Gasteiger partial charge >= 0.3 is 0 Å². The summed E-state index contributed by atoms with van der Waals surface area (Å²) in [7, 11) is 0. The van der Waals surface area contributed by atoms with Crippen LogP contribution in [0.2, 0.25) is 0 Å². The molecule has 2 aliphatic rings. The predicted molar refractivity (Wildman–Crippen MR) is 68.1 cm³/mol. The summed E-state index contributed by atoms with van der Waals surface area (Å²) in [6.45, 7) is 12.2. The van der Waals surface area contributed by atoms with Crippen molar-refractivity contribution in [2.45, 2.75) is 47.5 Å². The highest BCUT2D eigenvalue weighted by atomic mass is 16.3. The molecule has 1 nitrogen and oxygen atoms in total. The lowest BCUT2D eigenvalue weighted by Gasteiger charge is -2.52. The summed E-state index contributed by atoms with van der Waals surface area (Å²) >= 11 is 0. The molecule has 2 aliphatic carbocycles. The quantitative estimate of drug-likeness (QED) is 0.672. The van der Waals surface area contributed by atoms with Crippen LogP contribution in [0.4, 0.5) is 0 Å². The first kappa shape index (κ1) is 12.2. The van der Waals surface area contributed by atoms with Crippen molar-refractivity contribution in [3.8, 4) is 0 Å². The molecule has 0 bridgehead atoms. The SMILES string of the molecule is C[C@@H]1CCC2=C[C@H](CO)C(C)(C)[C@@]2(C)[C@@H]1C. The van der Waals surface area contributed by atoms with Gasteiger partial charge in [0.2, 0.25) is 0 Å². The molecule has 1 N–H and O–H groups in total. The Morgan fingerprint density at radius 2 is 1.94 bits per heavy atom. The van der Waals surface area contributed by atoms with Gasteiger partial charge in [-0.15, -0.1) is 0 Å². The topological polar surface area (TPSA) is 20.2 Å². The summed E-state index contributed by atoms with van der Waals surface area (Å²) in [5.41, 5.74) is 2.10. The number of aliphatic hydroxyl groups excluding tert-OH is 1. The largest absolute Gasteiger partial charge is 0.396 e. The first-order valence-corrected chi connectivity index (χ1v) is 6.67. The van der Waals surface area contributed by atoms with Crippen LogP contribution in [0.25, 0.3) is 0 Å². The van der Waals surface area contributed by atoms with Crippen LogP contribution in [0, 0.1) is 28.6 Å². The molecule has 1 saturated carbocycles. The minimum Gasteiger partial charge on any atom is -0.396 e. The van der Waals surface area contributed by atoms with E-state index in [1.165, 1.54) is 12.8 Å². The monoisotopic (exact) mass is 222 g/mol. The molecule has 0 unspecified atom stereocenters. The molecule has 92 valence electrons. The Morgan fingerprint density at radius 1 is 1.31 bits per heavy atom. The lowest BCUT2D eigenvalue weighted by Crippen LogP contribution is -2.46. The van der Waals surface area contributed by atoms with Crippen molar-refractivity contribution in [3.63, 3.8) is 0 Å². The van der Waals surface area contributed by atoms with Crippen LogP contribution in [0.15, 0.2) is 11.6 Å². The van der Waals surface area contributed by atoms with Crippen LogP contribution in [-0.2, 0) is 0 Å². The fourth-order valence-electron chi connectivity index (χ4n) is 4.13. The molecular formula is C15H26O. The third kappa shape index (κ3) is 1.27. The number of fused-ring (bicyclic) bond motifs is 1. The van der Waals surface area contributed by atoms with Gasteiger partial charge in [-0.2, -0.15) is 0 Å². The van der Waals surface area contributed by atoms with Crippen molar-refractivity contribution >= 4 is 0 Å². The summed E-state index contributed by atoms with van der Waals surface area (Å²) < 4.78 is 0. The van der Waals surface area contributed by atoms with E-state index in [1.54, 1.807) is 5.57 Å². The van der Waals surface area contributed by atoms with Crippen molar-refractivity contribution in [1.82, 2.24) is 0 Å². The fourth-order valence-corrected chi connectivity index (χ4v) is 4.13.